The van der Waals surface area contributed by atoms with Gasteiger partial charge in [0.05, 0.1) is 5.92 Å². The van der Waals surface area contributed by atoms with E-state index in [0.29, 0.717) is 18.7 Å². The average Bonchev–Trinajstić information content (AvgIpc) is 2.32. The van der Waals surface area contributed by atoms with E-state index in [-0.39, 0.29) is 17.6 Å². The molecule has 1 aromatic rings. The lowest BCUT2D eigenvalue weighted by molar-refractivity contribution is -0.123. The number of carbonyl (C=O) groups excluding carboxylic acids is 1. The first-order chi connectivity index (χ1) is 8.16. The molecule has 1 amide bonds. The van der Waals surface area contributed by atoms with E-state index in [1.165, 1.54) is 6.07 Å². The molecule has 92 valence electrons. The maximum absolute atomic E-state index is 13.5. The van der Waals surface area contributed by atoms with Crippen molar-refractivity contribution in [1.29, 1.82) is 0 Å². The number of piperidine rings is 1. The van der Waals surface area contributed by atoms with Crippen LogP contribution in [0.3, 0.4) is 0 Å². The summed E-state index contributed by atoms with van der Waals surface area (Å²) in [5.41, 5.74) is 5.99. The third-order valence-electron chi connectivity index (χ3n) is 3.26. The van der Waals surface area contributed by atoms with Crippen molar-refractivity contribution in [3.63, 3.8) is 0 Å². The number of primary amides is 1. The van der Waals surface area contributed by atoms with Crippen LogP contribution in [0.15, 0.2) is 24.3 Å². The Morgan fingerprint density at radius 3 is 2.94 bits per heavy atom. The summed E-state index contributed by atoms with van der Waals surface area (Å²) in [6.07, 6.45) is 1.80. The standard InChI is InChI=1S/C13H17FN2O/c14-12-6-2-1-4-10(12)8-16-7-3-5-11(9-16)13(15)17/h1-2,4,6,11H,3,5,7-9H2,(H2,15,17). The first-order valence-corrected chi connectivity index (χ1v) is 5.92. The molecule has 1 fully saturated rings. The van der Waals surface area contributed by atoms with E-state index in [1.807, 2.05) is 6.07 Å². The van der Waals surface area contributed by atoms with Gasteiger partial charge in [0.1, 0.15) is 5.82 Å². The van der Waals surface area contributed by atoms with Gasteiger partial charge in [0, 0.05) is 18.7 Å². The highest BCUT2D eigenvalue weighted by molar-refractivity contribution is 5.76. The molecule has 17 heavy (non-hydrogen) atoms. The minimum Gasteiger partial charge on any atom is -0.369 e. The fourth-order valence-electron chi connectivity index (χ4n) is 2.30. The zero-order valence-electron chi connectivity index (χ0n) is 9.73. The van der Waals surface area contributed by atoms with Crippen LogP contribution in [0.2, 0.25) is 0 Å². The predicted octanol–water partition coefficient (Wildman–Crippen LogP) is 1.52. The highest BCUT2D eigenvalue weighted by Crippen LogP contribution is 2.19. The monoisotopic (exact) mass is 236 g/mol. The summed E-state index contributed by atoms with van der Waals surface area (Å²) in [6, 6.07) is 6.75. The van der Waals surface area contributed by atoms with Crippen molar-refractivity contribution in [3.05, 3.63) is 35.6 Å². The number of nitrogens with two attached hydrogens (primary N) is 1. The van der Waals surface area contributed by atoms with E-state index < -0.39 is 0 Å². The second-order valence-corrected chi connectivity index (χ2v) is 4.57. The fraction of sp³-hybridized carbons (Fsp3) is 0.462. The first-order valence-electron chi connectivity index (χ1n) is 5.92. The highest BCUT2D eigenvalue weighted by Gasteiger charge is 2.24. The van der Waals surface area contributed by atoms with Crippen molar-refractivity contribution < 1.29 is 9.18 Å². The smallest absolute Gasteiger partial charge is 0.221 e. The quantitative estimate of drug-likeness (QED) is 0.865. The van der Waals surface area contributed by atoms with Crippen molar-refractivity contribution in [2.24, 2.45) is 11.7 Å². The van der Waals surface area contributed by atoms with E-state index >= 15 is 0 Å². The van der Waals surface area contributed by atoms with Crippen LogP contribution in [0.25, 0.3) is 0 Å². The van der Waals surface area contributed by atoms with E-state index in [2.05, 4.69) is 4.90 Å². The molecule has 0 spiro atoms. The summed E-state index contributed by atoms with van der Waals surface area (Å²) in [4.78, 5) is 13.2. The molecule has 1 atom stereocenters. The Bertz CT molecular complexity index is 408. The molecule has 2 rings (SSSR count). The van der Waals surface area contributed by atoms with E-state index in [9.17, 15) is 9.18 Å². The molecule has 1 unspecified atom stereocenters. The molecular weight excluding hydrogens is 219 g/mol. The summed E-state index contributed by atoms with van der Waals surface area (Å²) in [5.74, 6) is -0.521. The first kappa shape index (κ1) is 12.0. The fourth-order valence-corrected chi connectivity index (χ4v) is 2.30. The van der Waals surface area contributed by atoms with Gasteiger partial charge in [0.2, 0.25) is 5.91 Å². The number of hydrogen-bond donors (Lipinski definition) is 1. The van der Waals surface area contributed by atoms with Gasteiger partial charge in [-0.15, -0.1) is 0 Å². The second-order valence-electron chi connectivity index (χ2n) is 4.57. The van der Waals surface area contributed by atoms with Crippen LogP contribution in [-0.2, 0) is 11.3 Å². The van der Waals surface area contributed by atoms with Gasteiger partial charge in [-0.1, -0.05) is 18.2 Å². The highest BCUT2D eigenvalue weighted by atomic mass is 19.1. The van der Waals surface area contributed by atoms with Gasteiger partial charge < -0.3 is 5.73 Å². The Morgan fingerprint density at radius 1 is 1.47 bits per heavy atom. The molecule has 2 N–H and O–H groups in total. The summed E-state index contributed by atoms with van der Waals surface area (Å²) < 4.78 is 13.5. The summed E-state index contributed by atoms with van der Waals surface area (Å²) in [6.45, 7) is 2.10. The Balaban J connectivity index is 1.99. The van der Waals surface area contributed by atoms with Crippen molar-refractivity contribution in [1.82, 2.24) is 4.90 Å². The number of carbonyl (C=O) groups is 1. The Labute approximate surface area is 100 Å². The topological polar surface area (TPSA) is 46.3 Å². The van der Waals surface area contributed by atoms with Gasteiger partial charge in [-0.2, -0.15) is 0 Å². The van der Waals surface area contributed by atoms with Crippen LogP contribution in [-0.4, -0.2) is 23.9 Å². The van der Waals surface area contributed by atoms with Gasteiger partial charge in [-0.3, -0.25) is 9.69 Å². The normalized spacial score (nSPS) is 21.4. The third kappa shape index (κ3) is 3.03. The number of halogens is 1. The zero-order valence-corrected chi connectivity index (χ0v) is 9.73. The molecule has 4 heteroatoms. The van der Waals surface area contributed by atoms with Crippen LogP contribution in [0.5, 0.6) is 0 Å². The van der Waals surface area contributed by atoms with Gasteiger partial charge in [-0.25, -0.2) is 4.39 Å². The van der Waals surface area contributed by atoms with Crippen LogP contribution < -0.4 is 5.73 Å². The van der Waals surface area contributed by atoms with Crippen molar-refractivity contribution in [2.75, 3.05) is 13.1 Å². The minimum atomic E-state index is -0.247. The average molecular weight is 236 g/mol. The van der Waals surface area contributed by atoms with Gasteiger partial charge >= 0.3 is 0 Å². The summed E-state index contributed by atoms with van der Waals surface area (Å²) >= 11 is 0. The number of rotatable bonds is 3. The van der Waals surface area contributed by atoms with E-state index in [1.54, 1.807) is 12.1 Å². The third-order valence-corrected chi connectivity index (χ3v) is 3.26. The largest absolute Gasteiger partial charge is 0.369 e. The number of benzene rings is 1. The van der Waals surface area contributed by atoms with Crippen LogP contribution in [0.1, 0.15) is 18.4 Å². The molecule has 0 aromatic heterocycles. The van der Waals surface area contributed by atoms with Crippen LogP contribution in [0, 0.1) is 11.7 Å². The molecule has 1 aliphatic rings. The van der Waals surface area contributed by atoms with Crippen LogP contribution in [0.4, 0.5) is 4.39 Å². The predicted molar refractivity (Wildman–Crippen MR) is 63.6 cm³/mol. The van der Waals surface area contributed by atoms with Gasteiger partial charge in [0.25, 0.3) is 0 Å². The van der Waals surface area contributed by atoms with Gasteiger partial charge in [-0.05, 0) is 25.5 Å². The number of amides is 1. The second kappa shape index (κ2) is 5.27. The number of likely N-dealkylation sites (tertiary alicyclic amines) is 1. The van der Waals surface area contributed by atoms with Crippen molar-refractivity contribution in [3.8, 4) is 0 Å². The zero-order chi connectivity index (χ0) is 12.3. The Morgan fingerprint density at radius 2 is 2.24 bits per heavy atom. The SMILES string of the molecule is NC(=O)C1CCCN(Cc2ccccc2F)C1. The molecule has 3 nitrogen and oxygen atoms in total. The minimum absolute atomic E-state index is 0.0875. The Hall–Kier alpha value is -1.42. The van der Waals surface area contributed by atoms with E-state index in [4.69, 9.17) is 5.73 Å². The summed E-state index contributed by atoms with van der Waals surface area (Å²) in [5, 5.41) is 0. The molecule has 1 saturated heterocycles. The van der Waals surface area contributed by atoms with Crippen molar-refractivity contribution >= 4 is 5.91 Å². The molecule has 0 radical (unpaired) electrons. The molecular formula is C13H17FN2O. The lowest BCUT2D eigenvalue weighted by atomic mass is 9.97. The molecule has 1 heterocycles. The lowest BCUT2D eigenvalue weighted by Crippen LogP contribution is -2.40. The summed E-state index contributed by atoms with van der Waals surface area (Å²) in [7, 11) is 0. The molecule has 1 aliphatic heterocycles. The number of nitrogens with zero attached hydrogens (tertiary/aromatic N) is 1. The van der Waals surface area contributed by atoms with Crippen LogP contribution >= 0.6 is 0 Å². The Kier molecular flexibility index (Phi) is 3.74. The molecule has 0 aliphatic carbocycles. The molecule has 1 aromatic carbocycles. The lowest BCUT2D eigenvalue weighted by Gasteiger charge is -2.31. The maximum Gasteiger partial charge on any atom is 0.221 e. The van der Waals surface area contributed by atoms with Gasteiger partial charge in [0.15, 0.2) is 0 Å². The van der Waals surface area contributed by atoms with Crippen molar-refractivity contribution in [2.45, 2.75) is 19.4 Å². The van der Waals surface area contributed by atoms with E-state index in [0.717, 1.165) is 19.4 Å². The molecule has 0 bridgehead atoms. The maximum atomic E-state index is 13.5. The molecule has 0 saturated carbocycles. The number of hydrogen-bond acceptors (Lipinski definition) is 2.